The van der Waals surface area contributed by atoms with Crippen molar-refractivity contribution in [2.45, 2.75) is 12.5 Å². The lowest BCUT2D eigenvalue weighted by atomic mass is 10.1. The molecule has 5 nitrogen and oxygen atoms in total. The maximum absolute atomic E-state index is 10.7. The summed E-state index contributed by atoms with van der Waals surface area (Å²) in [5.74, 6) is 0.0147. The second-order valence-corrected chi connectivity index (χ2v) is 3.74. The number of nitrogens with two attached hydrogens (primary N) is 1. The molecule has 1 aromatic heterocycles. The summed E-state index contributed by atoms with van der Waals surface area (Å²) in [4.78, 5) is 14.3. The summed E-state index contributed by atoms with van der Waals surface area (Å²) in [6.45, 7) is 0. The molecule has 0 saturated carbocycles. The lowest BCUT2D eigenvalue weighted by Crippen LogP contribution is -2.14. The van der Waals surface area contributed by atoms with Gasteiger partial charge < -0.3 is 15.3 Å². The predicted molar refractivity (Wildman–Crippen MR) is 53.4 cm³/mol. The van der Waals surface area contributed by atoms with E-state index in [2.05, 4.69) is 4.98 Å². The van der Waals surface area contributed by atoms with Crippen molar-refractivity contribution in [2.75, 3.05) is 12.0 Å². The van der Waals surface area contributed by atoms with Gasteiger partial charge in [0.15, 0.2) is 17.8 Å². The molecule has 1 unspecified atom stereocenters. The molecule has 0 bridgehead atoms. The van der Waals surface area contributed by atoms with E-state index in [4.69, 9.17) is 15.3 Å². The average molecular weight is 216 g/mol. The van der Waals surface area contributed by atoms with Gasteiger partial charge in [0.25, 0.3) is 0 Å². The summed E-state index contributed by atoms with van der Waals surface area (Å²) < 4.78 is 4.96. The van der Waals surface area contributed by atoms with Gasteiger partial charge in [-0.3, -0.25) is 0 Å². The van der Waals surface area contributed by atoms with Crippen molar-refractivity contribution >= 4 is 17.7 Å². The van der Waals surface area contributed by atoms with Gasteiger partial charge in [-0.1, -0.05) is 0 Å². The maximum atomic E-state index is 10.7. The Labute approximate surface area is 85.7 Å². The van der Waals surface area contributed by atoms with Crippen molar-refractivity contribution in [3.8, 4) is 0 Å². The lowest BCUT2D eigenvalue weighted by Gasteiger charge is -2.07. The summed E-state index contributed by atoms with van der Waals surface area (Å²) >= 11 is 1.65. The molecule has 0 spiro atoms. The van der Waals surface area contributed by atoms with Crippen molar-refractivity contribution in [3.05, 3.63) is 17.8 Å². The zero-order valence-electron chi connectivity index (χ0n) is 7.77. The Balaban J connectivity index is 2.73. The van der Waals surface area contributed by atoms with Crippen LogP contribution in [0, 0.1) is 0 Å². The first kappa shape index (κ1) is 11.1. The highest BCUT2D eigenvalue weighted by molar-refractivity contribution is 7.98. The van der Waals surface area contributed by atoms with E-state index < -0.39 is 12.0 Å². The molecule has 1 aromatic rings. The van der Waals surface area contributed by atoms with E-state index in [0.717, 1.165) is 12.1 Å². The largest absolute Gasteiger partial charge is 0.476 e. The number of nitrogens with zero attached hydrogens (tertiary/aromatic N) is 1. The van der Waals surface area contributed by atoms with Crippen molar-refractivity contribution in [1.29, 1.82) is 0 Å². The predicted octanol–water partition coefficient (Wildman–Crippen LogP) is 1.13. The molecule has 3 N–H and O–H groups in total. The van der Waals surface area contributed by atoms with E-state index in [1.165, 1.54) is 0 Å². The van der Waals surface area contributed by atoms with E-state index >= 15 is 0 Å². The van der Waals surface area contributed by atoms with Gasteiger partial charge >= 0.3 is 5.97 Å². The van der Waals surface area contributed by atoms with Crippen LogP contribution in [0.2, 0.25) is 0 Å². The normalized spacial score (nSPS) is 12.7. The third-order valence-corrected chi connectivity index (χ3v) is 2.41. The monoisotopic (exact) mass is 216 g/mol. The molecule has 0 aliphatic carbocycles. The van der Waals surface area contributed by atoms with Crippen molar-refractivity contribution in [2.24, 2.45) is 5.73 Å². The van der Waals surface area contributed by atoms with Crippen LogP contribution in [-0.2, 0) is 0 Å². The number of hydrogen-bond acceptors (Lipinski definition) is 5. The van der Waals surface area contributed by atoms with Crippen LogP contribution in [-0.4, -0.2) is 28.1 Å². The molecule has 1 heterocycles. The first-order chi connectivity index (χ1) is 6.66. The zero-order valence-corrected chi connectivity index (χ0v) is 8.58. The van der Waals surface area contributed by atoms with Crippen LogP contribution in [0.3, 0.4) is 0 Å². The highest BCUT2D eigenvalue weighted by atomic mass is 32.2. The highest BCUT2D eigenvalue weighted by Crippen LogP contribution is 2.19. The van der Waals surface area contributed by atoms with Crippen LogP contribution in [0.15, 0.2) is 10.8 Å². The second-order valence-electron chi connectivity index (χ2n) is 2.76. The number of oxazole rings is 1. The minimum Gasteiger partial charge on any atom is -0.476 e. The Bertz CT molecular complexity index is 313. The van der Waals surface area contributed by atoms with Gasteiger partial charge in [-0.05, 0) is 18.4 Å². The first-order valence-electron chi connectivity index (χ1n) is 4.08. The van der Waals surface area contributed by atoms with Gasteiger partial charge in [0.2, 0.25) is 0 Å². The number of carbonyl (C=O) groups is 1. The van der Waals surface area contributed by atoms with Gasteiger partial charge in [-0.25, -0.2) is 9.78 Å². The maximum Gasteiger partial charge on any atom is 0.358 e. The second kappa shape index (κ2) is 5.02. The minimum atomic E-state index is -1.10. The van der Waals surface area contributed by atoms with Crippen LogP contribution >= 0.6 is 11.8 Å². The first-order valence-corrected chi connectivity index (χ1v) is 5.47. The van der Waals surface area contributed by atoms with Gasteiger partial charge in [0.05, 0.1) is 6.04 Å². The molecule has 0 radical (unpaired) electrons. The van der Waals surface area contributed by atoms with Crippen LogP contribution in [0.5, 0.6) is 0 Å². The lowest BCUT2D eigenvalue weighted by molar-refractivity contribution is 0.0688. The Kier molecular flexibility index (Phi) is 3.97. The Morgan fingerprint density at radius 1 is 1.86 bits per heavy atom. The molecule has 14 heavy (non-hydrogen) atoms. The van der Waals surface area contributed by atoms with Crippen LogP contribution in [0.1, 0.15) is 28.7 Å². The molecule has 0 aliphatic heterocycles. The van der Waals surface area contributed by atoms with Crippen molar-refractivity contribution in [1.82, 2.24) is 4.98 Å². The Morgan fingerprint density at radius 2 is 2.57 bits per heavy atom. The van der Waals surface area contributed by atoms with E-state index in [9.17, 15) is 4.79 Å². The fraction of sp³-hybridized carbons (Fsp3) is 0.500. The van der Waals surface area contributed by atoms with Crippen LogP contribution in [0.4, 0.5) is 0 Å². The molecule has 0 fully saturated rings. The quantitative estimate of drug-likeness (QED) is 0.766. The van der Waals surface area contributed by atoms with Gasteiger partial charge in [-0.2, -0.15) is 11.8 Å². The SMILES string of the molecule is CSCCC(N)c1ocnc1C(=O)O. The zero-order chi connectivity index (χ0) is 10.6. The number of hydrogen-bond donors (Lipinski definition) is 2. The summed E-state index contributed by atoms with van der Waals surface area (Å²) in [5.41, 5.74) is 5.67. The smallest absolute Gasteiger partial charge is 0.358 e. The van der Waals surface area contributed by atoms with Crippen LogP contribution in [0.25, 0.3) is 0 Å². The number of thioether (sulfide) groups is 1. The number of carboxylic acid groups (broad SMARTS) is 1. The number of aromatic carboxylic acids is 1. The number of aromatic nitrogens is 1. The summed E-state index contributed by atoms with van der Waals surface area (Å²) in [6, 6.07) is -0.393. The molecular formula is C8H12N2O3S. The minimum absolute atomic E-state index is 0.0846. The Hall–Kier alpha value is -1.01. The summed E-state index contributed by atoms with van der Waals surface area (Å²) in [5, 5.41) is 8.75. The molecule has 0 aromatic carbocycles. The van der Waals surface area contributed by atoms with Crippen LogP contribution < -0.4 is 5.73 Å². The van der Waals surface area contributed by atoms with Gasteiger partial charge in [-0.15, -0.1) is 0 Å². The van der Waals surface area contributed by atoms with Crippen molar-refractivity contribution in [3.63, 3.8) is 0 Å². The molecule has 0 aliphatic rings. The van der Waals surface area contributed by atoms with Gasteiger partial charge in [0.1, 0.15) is 0 Å². The molecule has 1 rings (SSSR count). The molecule has 0 saturated heterocycles. The van der Waals surface area contributed by atoms with E-state index in [1.54, 1.807) is 11.8 Å². The Morgan fingerprint density at radius 3 is 3.14 bits per heavy atom. The molecule has 1 atom stereocenters. The number of carboxylic acids is 1. The molecular weight excluding hydrogens is 204 g/mol. The summed E-state index contributed by atoms with van der Waals surface area (Å²) in [6.07, 6.45) is 3.75. The van der Waals surface area contributed by atoms with E-state index in [1.807, 2.05) is 6.26 Å². The highest BCUT2D eigenvalue weighted by Gasteiger charge is 2.20. The average Bonchev–Trinajstić information content (AvgIpc) is 2.62. The van der Waals surface area contributed by atoms with E-state index in [-0.39, 0.29) is 11.5 Å². The van der Waals surface area contributed by atoms with E-state index in [0.29, 0.717) is 6.42 Å². The summed E-state index contributed by atoms with van der Waals surface area (Å²) in [7, 11) is 0. The molecule has 6 heteroatoms. The standard InChI is InChI=1S/C8H12N2O3S/c1-14-3-2-5(9)7-6(8(11)12)10-4-13-7/h4-5H,2-3,9H2,1H3,(H,11,12). The number of rotatable bonds is 5. The third-order valence-electron chi connectivity index (χ3n) is 1.77. The van der Waals surface area contributed by atoms with Crippen molar-refractivity contribution < 1.29 is 14.3 Å². The molecule has 0 amide bonds. The topological polar surface area (TPSA) is 89.4 Å². The fourth-order valence-corrected chi connectivity index (χ4v) is 1.54. The molecule has 78 valence electrons. The third kappa shape index (κ3) is 2.49. The fourth-order valence-electron chi connectivity index (χ4n) is 1.05. The van der Waals surface area contributed by atoms with Gasteiger partial charge in [0, 0.05) is 0 Å².